The Kier molecular flexibility index (Phi) is 5.11. The number of hydrogen-bond donors (Lipinski definition) is 4. The van der Waals surface area contributed by atoms with Crippen molar-refractivity contribution >= 4 is 12.0 Å². The molecule has 0 bridgehead atoms. The Balaban J connectivity index is 2.40. The third kappa shape index (κ3) is 3.40. The molecule has 1 fully saturated rings. The maximum Gasteiger partial charge on any atom is 0.330 e. The van der Waals surface area contributed by atoms with E-state index < -0.39 is 48.4 Å². The summed E-state index contributed by atoms with van der Waals surface area (Å²) >= 11 is 0. The van der Waals surface area contributed by atoms with E-state index in [1.807, 2.05) is 4.98 Å². The number of ether oxygens (including phenoxy) is 2. The second kappa shape index (κ2) is 6.87. The lowest BCUT2D eigenvalue weighted by atomic mass is 10.1. The van der Waals surface area contributed by atoms with E-state index in [1.165, 1.54) is 0 Å². The van der Waals surface area contributed by atoms with Crippen LogP contribution < -0.4 is 11.2 Å². The molecule has 1 aliphatic rings. The van der Waals surface area contributed by atoms with E-state index in [0.717, 1.165) is 30.0 Å². The molecule has 0 saturated carbocycles. The Labute approximate surface area is 129 Å². The van der Waals surface area contributed by atoms with Crippen molar-refractivity contribution in [2.24, 2.45) is 0 Å². The van der Waals surface area contributed by atoms with Gasteiger partial charge in [-0.3, -0.25) is 14.3 Å². The SMILES string of the molecule is COC(=O)C=Cc1cn([C@@H]2O[C@H](CO)[C@H](O)C2O)c(=O)[nH]c1=O. The minimum atomic E-state index is -1.48. The largest absolute Gasteiger partial charge is 0.466 e. The van der Waals surface area contributed by atoms with E-state index in [0.29, 0.717) is 0 Å². The topological polar surface area (TPSA) is 151 Å². The quantitative estimate of drug-likeness (QED) is 0.345. The average molecular weight is 328 g/mol. The van der Waals surface area contributed by atoms with Gasteiger partial charge in [0.25, 0.3) is 5.56 Å². The number of aliphatic hydroxyl groups excluding tert-OH is 3. The maximum absolute atomic E-state index is 11.9. The van der Waals surface area contributed by atoms with Gasteiger partial charge in [-0.1, -0.05) is 0 Å². The lowest BCUT2D eigenvalue weighted by Crippen LogP contribution is -2.38. The summed E-state index contributed by atoms with van der Waals surface area (Å²) in [6.45, 7) is -0.554. The molecule has 1 aliphatic heterocycles. The summed E-state index contributed by atoms with van der Waals surface area (Å²) in [6, 6.07) is 0. The number of esters is 1. The molecule has 10 heteroatoms. The molecule has 1 unspecified atom stereocenters. The van der Waals surface area contributed by atoms with Crippen LogP contribution in [-0.2, 0) is 14.3 Å². The molecular formula is C13H16N2O8. The van der Waals surface area contributed by atoms with Crippen molar-refractivity contribution in [3.63, 3.8) is 0 Å². The van der Waals surface area contributed by atoms with Gasteiger partial charge in [0.15, 0.2) is 6.23 Å². The van der Waals surface area contributed by atoms with Gasteiger partial charge < -0.3 is 24.8 Å². The average Bonchev–Trinajstić information content (AvgIpc) is 2.81. The molecule has 0 aliphatic carbocycles. The van der Waals surface area contributed by atoms with Gasteiger partial charge in [0.2, 0.25) is 0 Å². The predicted molar refractivity (Wildman–Crippen MR) is 75.4 cm³/mol. The number of methoxy groups -OCH3 is 1. The third-order valence-corrected chi connectivity index (χ3v) is 3.39. The molecule has 4 N–H and O–H groups in total. The van der Waals surface area contributed by atoms with E-state index in [-0.39, 0.29) is 5.56 Å². The molecule has 2 heterocycles. The molecule has 23 heavy (non-hydrogen) atoms. The standard InChI is InChI=1S/C13H16N2O8/c1-22-8(17)3-2-6-4-15(13(21)14-11(6)20)12-10(19)9(18)7(5-16)23-12/h2-4,7,9-10,12,16,18-19H,5H2,1H3,(H,14,20,21)/t7-,9+,10?,12-/m1/s1. The first-order valence-electron chi connectivity index (χ1n) is 6.63. The molecule has 2 rings (SSSR count). The summed E-state index contributed by atoms with van der Waals surface area (Å²) in [5, 5.41) is 28.7. The van der Waals surface area contributed by atoms with Crippen molar-refractivity contribution in [3.8, 4) is 0 Å². The first-order valence-corrected chi connectivity index (χ1v) is 6.63. The highest BCUT2D eigenvalue weighted by Crippen LogP contribution is 2.27. The Morgan fingerprint density at radius 1 is 1.43 bits per heavy atom. The monoisotopic (exact) mass is 328 g/mol. The van der Waals surface area contributed by atoms with Crippen LogP contribution in [0.4, 0.5) is 0 Å². The number of aromatic amines is 1. The summed E-state index contributed by atoms with van der Waals surface area (Å²) in [7, 11) is 1.16. The maximum atomic E-state index is 11.9. The number of H-pyrrole nitrogens is 1. The molecule has 0 amide bonds. The van der Waals surface area contributed by atoms with Crippen molar-refractivity contribution in [3.05, 3.63) is 38.7 Å². The summed E-state index contributed by atoms with van der Waals surface area (Å²) in [4.78, 5) is 36.7. The Bertz CT molecular complexity index is 721. The van der Waals surface area contributed by atoms with Crippen LogP contribution in [-0.4, -0.2) is 62.9 Å². The smallest absolute Gasteiger partial charge is 0.330 e. The Hall–Kier alpha value is -2.27. The third-order valence-electron chi connectivity index (χ3n) is 3.39. The zero-order chi connectivity index (χ0) is 17.1. The van der Waals surface area contributed by atoms with Crippen LogP contribution in [0.3, 0.4) is 0 Å². The van der Waals surface area contributed by atoms with Gasteiger partial charge in [0.1, 0.15) is 18.3 Å². The van der Waals surface area contributed by atoms with Gasteiger partial charge in [-0.15, -0.1) is 0 Å². The Morgan fingerprint density at radius 2 is 2.13 bits per heavy atom. The number of carbonyl (C=O) groups is 1. The summed E-state index contributed by atoms with van der Waals surface area (Å²) in [6.07, 6.45) is -2.05. The second-order valence-electron chi connectivity index (χ2n) is 4.84. The number of rotatable bonds is 4. The summed E-state index contributed by atoms with van der Waals surface area (Å²) in [5.74, 6) is -0.699. The van der Waals surface area contributed by atoms with E-state index in [4.69, 9.17) is 9.84 Å². The van der Waals surface area contributed by atoms with Gasteiger partial charge in [0, 0.05) is 12.3 Å². The normalized spacial score (nSPS) is 27.5. The van der Waals surface area contributed by atoms with E-state index in [2.05, 4.69) is 4.74 Å². The van der Waals surface area contributed by atoms with E-state index in [1.54, 1.807) is 0 Å². The first-order chi connectivity index (χ1) is 10.9. The fraction of sp³-hybridized carbons (Fsp3) is 0.462. The van der Waals surface area contributed by atoms with Gasteiger partial charge in [0.05, 0.1) is 19.3 Å². The van der Waals surface area contributed by atoms with Crippen LogP contribution in [0.15, 0.2) is 21.9 Å². The zero-order valence-electron chi connectivity index (χ0n) is 12.1. The van der Waals surface area contributed by atoms with Crippen molar-refractivity contribution < 1.29 is 29.6 Å². The molecular weight excluding hydrogens is 312 g/mol. The molecule has 1 saturated heterocycles. The zero-order valence-corrected chi connectivity index (χ0v) is 12.1. The second-order valence-corrected chi connectivity index (χ2v) is 4.84. The molecule has 1 aromatic rings. The highest BCUT2D eigenvalue weighted by Gasteiger charge is 2.43. The molecule has 0 spiro atoms. The molecule has 0 radical (unpaired) electrons. The van der Waals surface area contributed by atoms with Gasteiger partial charge in [-0.05, 0) is 6.08 Å². The number of nitrogens with zero attached hydrogens (tertiary/aromatic N) is 1. The first kappa shape index (κ1) is 17.1. The van der Waals surface area contributed by atoms with Crippen LogP contribution in [0.5, 0.6) is 0 Å². The minimum absolute atomic E-state index is 0.0623. The molecule has 0 aromatic carbocycles. The van der Waals surface area contributed by atoms with Gasteiger partial charge >= 0.3 is 11.7 Å². The van der Waals surface area contributed by atoms with Crippen LogP contribution in [0.2, 0.25) is 0 Å². The fourth-order valence-electron chi connectivity index (χ4n) is 2.14. The highest BCUT2D eigenvalue weighted by molar-refractivity contribution is 5.86. The van der Waals surface area contributed by atoms with Crippen LogP contribution in [0.1, 0.15) is 11.8 Å². The number of aliphatic hydroxyl groups is 3. The molecule has 4 atom stereocenters. The Morgan fingerprint density at radius 3 is 2.70 bits per heavy atom. The molecule has 1 aromatic heterocycles. The van der Waals surface area contributed by atoms with Crippen molar-refractivity contribution in [2.75, 3.05) is 13.7 Å². The van der Waals surface area contributed by atoms with Gasteiger partial charge in [-0.2, -0.15) is 0 Å². The van der Waals surface area contributed by atoms with Crippen LogP contribution in [0, 0.1) is 0 Å². The number of hydrogen-bond acceptors (Lipinski definition) is 8. The van der Waals surface area contributed by atoms with E-state index >= 15 is 0 Å². The molecule has 126 valence electrons. The van der Waals surface area contributed by atoms with Crippen LogP contribution >= 0.6 is 0 Å². The summed E-state index contributed by atoms with van der Waals surface area (Å²) < 4.78 is 10.5. The van der Waals surface area contributed by atoms with E-state index in [9.17, 15) is 24.6 Å². The van der Waals surface area contributed by atoms with Crippen LogP contribution in [0.25, 0.3) is 6.08 Å². The highest BCUT2D eigenvalue weighted by atomic mass is 16.6. The lowest BCUT2D eigenvalue weighted by molar-refractivity contribution is -0.134. The van der Waals surface area contributed by atoms with Crippen molar-refractivity contribution in [2.45, 2.75) is 24.5 Å². The minimum Gasteiger partial charge on any atom is -0.466 e. The fourth-order valence-corrected chi connectivity index (χ4v) is 2.14. The van der Waals surface area contributed by atoms with Gasteiger partial charge in [-0.25, -0.2) is 9.59 Å². The lowest BCUT2D eigenvalue weighted by Gasteiger charge is -2.17. The number of aromatic nitrogens is 2. The summed E-state index contributed by atoms with van der Waals surface area (Å²) in [5.41, 5.74) is -1.69. The predicted octanol–water partition coefficient (Wildman–Crippen LogP) is -2.67. The number of nitrogens with one attached hydrogen (secondary N) is 1. The molecule has 10 nitrogen and oxygen atoms in total. The number of carbonyl (C=O) groups excluding carboxylic acids is 1. The van der Waals surface area contributed by atoms with Crippen molar-refractivity contribution in [1.29, 1.82) is 0 Å². The van der Waals surface area contributed by atoms with Crippen molar-refractivity contribution in [1.82, 2.24) is 9.55 Å².